The molecule has 2 aliphatic heterocycles. The van der Waals surface area contributed by atoms with Crippen molar-refractivity contribution in [3.63, 3.8) is 0 Å². The number of hydrogen-bond acceptors (Lipinski definition) is 6. The van der Waals surface area contributed by atoms with Gasteiger partial charge in [-0.05, 0) is 32.0 Å². The molecule has 0 aromatic heterocycles. The first-order chi connectivity index (χ1) is 14.4. The number of sulfonamides is 1. The van der Waals surface area contributed by atoms with Gasteiger partial charge >= 0.3 is 0 Å². The molecule has 2 aliphatic rings. The fourth-order valence-electron chi connectivity index (χ4n) is 3.55. The van der Waals surface area contributed by atoms with Crippen molar-refractivity contribution < 1.29 is 22.7 Å². The zero-order valence-electron chi connectivity index (χ0n) is 16.8. The Labute approximate surface area is 175 Å². The number of hydrogen-bond donors (Lipinski definition) is 2. The molecule has 1 atom stereocenters. The Morgan fingerprint density at radius 2 is 2.13 bits per heavy atom. The summed E-state index contributed by atoms with van der Waals surface area (Å²) in [4.78, 5) is 16.9. The summed E-state index contributed by atoms with van der Waals surface area (Å²) in [6.45, 7) is 4.49. The van der Waals surface area contributed by atoms with Crippen LogP contribution in [0, 0.1) is 0 Å². The Kier molecular flexibility index (Phi) is 5.38. The van der Waals surface area contributed by atoms with Crippen LogP contribution in [0.25, 0.3) is 0 Å². The molecule has 0 saturated heterocycles. The van der Waals surface area contributed by atoms with Crippen LogP contribution in [-0.4, -0.2) is 39.4 Å². The number of ether oxygens (including phenoxy) is 2. The van der Waals surface area contributed by atoms with Gasteiger partial charge in [-0.2, -0.15) is 0 Å². The number of fused-ring (bicyclic) bond motifs is 2. The van der Waals surface area contributed by atoms with Crippen molar-refractivity contribution in [2.24, 2.45) is 4.99 Å². The smallest absolute Gasteiger partial charge is 0.263 e. The van der Waals surface area contributed by atoms with E-state index in [1.165, 1.54) is 6.07 Å². The number of carbonyl (C=O) groups excluding carboxylic acids is 1. The van der Waals surface area contributed by atoms with E-state index < -0.39 is 10.0 Å². The van der Waals surface area contributed by atoms with E-state index in [2.05, 4.69) is 15.0 Å². The number of benzene rings is 2. The number of rotatable bonds is 6. The zero-order valence-corrected chi connectivity index (χ0v) is 17.6. The molecule has 0 spiro atoms. The van der Waals surface area contributed by atoms with Gasteiger partial charge in [-0.1, -0.05) is 12.1 Å². The van der Waals surface area contributed by atoms with Crippen molar-refractivity contribution >= 4 is 27.5 Å². The lowest BCUT2D eigenvalue weighted by Crippen LogP contribution is -2.23. The summed E-state index contributed by atoms with van der Waals surface area (Å²) >= 11 is 0. The quantitative estimate of drug-likeness (QED) is 0.734. The highest BCUT2D eigenvalue weighted by atomic mass is 32.2. The van der Waals surface area contributed by atoms with E-state index in [9.17, 15) is 13.2 Å². The van der Waals surface area contributed by atoms with Crippen molar-refractivity contribution in [1.82, 2.24) is 4.72 Å². The molecule has 30 heavy (non-hydrogen) atoms. The second kappa shape index (κ2) is 7.98. The van der Waals surface area contributed by atoms with E-state index in [1.807, 2.05) is 19.9 Å². The van der Waals surface area contributed by atoms with Crippen LogP contribution < -0.4 is 19.5 Å². The first kappa shape index (κ1) is 20.2. The molecule has 0 aliphatic carbocycles. The van der Waals surface area contributed by atoms with Crippen molar-refractivity contribution in [3.8, 4) is 11.5 Å². The molecule has 2 aromatic rings. The Morgan fingerprint density at radius 3 is 2.93 bits per heavy atom. The summed E-state index contributed by atoms with van der Waals surface area (Å²) in [6, 6.07) is 10.3. The third-order valence-electron chi connectivity index (χ3n) is 4.84. The minimum absolute atomic E-state index is 0.0906. The second-order valence-electron chi connectivity index (χ2n) is 7.15. The number of carbonyl (C=O) groups is 1. The predicted octanol–water partition coefficient (Wildman–Crippen LogP) is 2.48. The summed E-state index contributed by atoms with van der Waals surface area (Å²) in [6.07, 6.45) is 0.987. The highest BCUT2D eigenvalue weighted by Crippen LogP contribution is 2.38. The highest BCUT2D eigenvalue weighted by Gasteiger charge is 2.30. The van der Waals surface area contributed by atoms with Gasteiger partial charge < -0.3 is 14.8 Å². The molecule has 0 fully saturated rings. The van der Waals surface area contributed by atoms with Gasteiger partial charge in [-0.3, -0.25) is 14.5 Å². The van der Waals surface area contributed by atoms with E-state index in [1.54, 1.807) is 24.3 Å². The van der Waals surface area contributed by atoms with E-state index >= 15 is 0 Å². The Hall–Kier alpha value is -3.07. The van der Waals surface area contributed by atoms with Crippen LogP contribution in [0.4, 0.5) is 5.69 Å². The maximum absolute atomic E-state index is 12.5. The van der Waals surface area contributed by atoms with E-state index in [0.29, 0.717) is 23.6 Å². The molecule has 2 N–H and O–H groups in total. The summed E-state index contributed by atoms with van der Waals surface area (Å²) in [5.74, 6) is 1.36. The second-order valence-corrected chi connectivity index (χ2v) is 8.80. The standard InChI is InChI=1S/C21H23N3O5S/c1-3-28-18-11-14-10-13(2)29-17(14)12-16(18)23-20(25)8-9-22-21-15-6-4-5-7-19(15)30(26,27)24-21/h4-7,11-13H,3,8-10H2,1-2H3,(H,22,24)(H,23,25). The molecule has 1 unspecified atom stereocenters. The lowest BCUT2D eigenvalue weighted by molar-refractivity contribution is -0.116. The van der Waals surface area contributed by atoms with Gasteiger partial charge in [0.05, 0.1) is 23.7 Å². The van der Waals surface area contributed by atoms with Crippen LogP contribution in [-0.2, 0) is 21.2 Å². The first-order valence-electron chi connectivity index (χ1n) is 9.80. The fourth-order valence-corrected chi connectivity index (χ4v) is 4.80. The number of amides is 1. The summed E-state index contributed by atoms with van der Waals surface area (Å²) < 4.78 is 38.1. The Morgan fingerprint density at radius 1 is 1.33 bits per heavy atom. The van der Waals surface area contributed by atoms with Crippen molar-refractivity contribution in [3.05, 3.63) is 47.5 Å². The molecule has 2 aromatic carbocycles. The third-order valence-corrected chi connectivity index (χ3v) is 6.24. The minimum atomic E-state index is -3.59. The molecule has 0 bridgehead atoms. The number of anilines is 1. The van der Waals surface area contributed by atoms with Crippen LogP contribution in [0.5, 0.6) is 11.5 Å². The number of nitrogens with one attached hydrogen (secondary N) is 2. The van der Waals surface area contributed by atoms with Gasteiger partial charge in [0, 0.05) is 30.0 Å². The summed E-state index contributed by atoms with van der Waals surface area (Å²) in [5.41, 5.74) is 2.12. The average molecular weight is 429 g/mol. The number of aliphatic imine (C=N–C) groups is 1. The van der Waals surface area contributed by atoms with Gasteiger partial charge in [-0.25, -0.2) is 8.42 Å². The molecular weight excluding hydrogens is 406 g/mol. The third kappa shape index (κ3) is 3.97. The van der Waals surface area contributed by atoms with E-state index in [4.69, 9.17) is 9.47 Å². The van der Waals surface area contributed by atoms with Crippen LogP contribution in [0.1, 0.15) is 31.4 Å². The molecule has 4 rings (SSSR count). The molecule has 1 amide bonds. The minimum Gasteiger partial charge on any atom is -0.492 e. The van der Waals surface area contributed by atoms with E-state index in [-0.39, 0.29) is 35.7 Å². The maximum Gasteiger partial charge on any atom is 0.263 e. The van der Waals surface area contributed by atoms with Crippen molar-refractivity contribution in [2.45, 2.75) is 37.7 Å². The largest absolute Gasteiger partial charge is 0.492 e. The van der Waals surface area contributed by atoms with Gasteiger partial charge in [-0.15, -0.1) is 0 Å². The highest BCUT2D eigenvalue weighted by molar-refractivity contribution is 7.90. The van der Waals surface area contributed by atoms with Crippen molar-refractivity contribution in [1.29, 1.82) is 0 Å². The number of amidine groups is 1. The molecule has 0 radical (unpaired) electrons. The zero-order chi connectivity index (χ0) is 21.3. The van der Waals surface area contributed by atoms with Crippen molar-refractivity contribution in [2.75, 3.05) is 18.5 Å². The maximum atomic E-state index is 12.5. The fraction of sp³-hybridized carbons (Fsp3) is 0.333. The summed E-state index contributed by atoms with van der Waals surface area (Å²) in [5, 5.41) is 2.85. The Balaban J connectivity index is 1.44. The van der Waals surface area contributed by atoms with Crippen LogP contribution in [0.15, 0.2) is 46.3 Å². The van der Waals surface area contributed by atoms with Gasteiger partial charge in [0.15, 0.2) is 0 Å². The van der Waals surface area contributed by atoms with Crippen LogP contribution in [0.3, 0.4) is 0 Å². The lowest BCUT2D eigenvalue weighted by atomic mass is 10.1. The number of nitrogens with zero attached hydrogens (tertiary/aromatic N) is 1. The molecule has 9 heteroatoms. The molecule has 0 saturated carbocycles. The normalized spacial score (nSPS) is 19.5. The van der Waals surface area contributed by atoms with Crippen LogP contribution >= 0.6 is 0 Å². The summed E-state index contributed by atoms with van der Waals surface area (Å²) in [7, 11) is -3.59. The van der Waals surface area contributed by atoms with Gasteiger partial charge in [0.2, 0.25) is 5.91 Å². The van der Waals surface area contributed by atoms with Gasteiger partial charge in [0.1, 0.15) is 23.4 Å². The van der Waals surface area contributed by atoms with Gasteiger partial charge in [0.25, 0.3) is 10.0 Å². The molecule has 2 heterocycles. The average Bonchev–Trinajstić information content (AvgIpc) is 3.18. The molecule has 8 nitrogen and oxygen atoms in total. The predicted molar refractivity (Wildman–Crippen MR) is 113 cm³/mol. The molecular formula is C21H23N3O5S. The topological polar surface area (TPSA) is 106 Å². The monoisotopic (exact) mass is 429 g/mol. The Bertz CT molecular complexity index is 1130. The lowest BCUT2D eigenvalue weighted by Gasteiger charge is -2.13. The molecule has 158 valence electrons. The first-order valence-corrected chi connectivity index (χ1v) is 11.3. The SMILES string of the molecule is CCOc1cc2c(cc1NC(=O)CCN=C1NS(=O)(=O)c3ccccc31)OC(C)C2. The van der Waals surface area contributed by atoms with E-state index in [0.717, 1.165) is 17.7 Å². The van der Waals surface area contributed by atoms with Crippen LogP contribution in [0.2, 0.25) is 0 Å².